The SMILES string of the molecule is CC(CO)CC(C)(C)C.CC(CO)CC(C)(C)C.CCCC(=O)CC(=O)[O-].CCCC(=O)CC(=O)[O-].[Ti+2]. The number of aliphatic hydroxyl groups excluding tert-OH is 2. The van der Waals surface area contributed by atoms with Gasteiger partial charge >= 0.3 is 21.7 Å². The maximum absolute atomic E-state index is 10.4. The molecule has 0 aromatic rings. The molecule has 0 bridgehead atoms. The zero-order valence-corrected chi connectivity index (χ0v) is 26.6. The zero-order chi connectivity index (χ0) is 29.5. The second-order valence-electron chi connectivity index (χ2n) is 11.8. The number of hydrogen-bond donors (Lipinski definition) is 2. The van der Waals surface area contributed by atoms with Crippen molar-refractivity contribution in [3.8, 4) is 0 Å². The minimum absolute atomic E-state index is 0. The van der Waals surface area contributed by atoms with Gasteiger partial charge in [0.25, 0.3) is 0 Å². The summed E-state index contributed by atoms with van der Waals surface area (Å²) in [6.45, 7) is 21.6. The average molecular weight is 567 g/mol. The number of ketones is 2. The molecule has 0 aromatic carbocycles. The van der Waals surface area contributed by atoms with Gasteiger partial charge in [-0.2, -0.15) is 0 Å². The van der Waals surface area contributed by atoms with Gasteiger partial charge in [0, 0.05) is 50.8 Å². The van der Waals surface area contributed by atoms with Gasteiger partial charge in [-0.05, 0) is 48.3 Å². The van der Waals surface area contributed by atoms with Crippen LogP contribution in [0, 0.1) is 22.7 Å². The van der Waals surface area contributed by atoms with Crippen molar-refractivity contribution >= 4 is 23.5 Å². The molecule has 0 radical (unpaired) electrons. The third-order valence-electron chi connectivity index (χ3n) is 4.29. The fraction of sp³-hybridized carbons (Fsp3) is 0.857. The number of carbonyl (C=O) groups is 4. The molecule has 0 rings (SSSR count). The van der Waals surface area contributed by atoms with Crippen LogP contribution in [0.2, 0.25) is 0 Å². The maximum atomic E-state index is 10.4. The van der Waals surface area contributed by atoms with E-state index in [1.165, 1.54) is 0 Å². The van der Waals surface area contributed by atoms with E-state index in [0.29, 0.717) is 61.6 Å². The first-order valence-electron chi connectivity index (χ1n) is 12.9. The number of carbonyl (C=O) groups excluding carboxylic acids is 4. The van der Waals surface area contributed by atoms with Crippen LogP contribution in [0.5, 0.6) is 0 Å². The number of Topliss-reactive ketones (excluding diaryl/α,β-unsaturated/α-hetero) is 2. The van der Waals surface area contributed by atoms with E-state index < -0.39 is 24.8 Å². The van der Waals surface area contributed by atoms with Crippen LogP contribution < -0.4 is 10.2 Å². The molecule has 0 saturated carbocycles. The van der Waals surface area contributed by atoms with Gasteiger partial charge in [-0.1, -0.05) is 69.2 Å². The van der Waals surface area contributed by atoms with Gasteiger partial charge in [-0.25, -0.2) is 0 Å². The monoisotopic (exact) mass is 566 g/mol. The van der Waals surface area contributed by atoms with Gasteiger partial charge in [0.15, 0.2) is 0 Å². The first kappa shape index (κ1) is 45.8. The molecule has 0 aliphatic carbocycles. The Kier molecular flexibility index (Phi) is 32.8. The number of aliphatic carboxylic acids is 2. The van der Waals surface area contributed by atoms with Gasteiger partial charge < -0.3 is 30.0 Å². The fourth-order valence-electron chi connectivity index (χ4n) is 3.28. The Bertz CT molecular complexity index is 540. The second-order valence-corrected chi connectivity index (χ2v) is 11.8. The molecule has 9 heteroatoms. The van der Waals surface area contributed by atoms with Crippen molar-refractivity contribution in [3.05, 3.63) is 0 Å². The summed E-state index contributed by atoms with van der Waals surface area (Å²) in [4.78, 5) is 40.4. The van der Waals surface area contributed by atoms with E-state index in [4.69, 9.17) is 10.2 Å². The number of hydrogen-bond acceptors (Lipinski definition) is 8. The van der Waals surface area contributed by atoms with E-state index in [1.54, 1.807) is 0 Å². The van der Waals surface area contributed by atoms with E-state index in [1.807, 2.05) is 13.8 Å². The molecule has 0 aromatic heterocycles. The van der Waals surface area contributed by atoms with Crippen LogP contribution in [0.4, 0.5) is 0 Å². The van der Waals surface area contributed by atoms with Gasteiger partial charge in [0.1, 0.15) is 11.6 Å². The molecule has 2 unspecified atom stereocenters. The summed E-state index contributed by atoms with van der Waals surface area (Å²) in [5.41, 5.74) is 0.726. The molecule has 0 saturated heterocycles. The minimum atomic E-state index is -1.28. The number of carboxylic acids is 2. The Balaban J connectivity index is -0.000000122. The largest absolute Gasteiger partial charge is 2.00 e. The maximum Gasteiger partial charge on any atom is 2.00 e. The summed E-state index contributed by atoms with van der Waals surface area (Å²) < 4.78 is 0. The quantitative estimate of drug-likeness (QED) is 0.270. The standard InChI is InChI=1S/2C8H18O.2C6H10O3.Ti/c2*1-7(6-9)5-8(2,3)4;2*1-2-3-5(7)4-6(8)9;/h2*7,9H,5-6H2,1-4H3;2*2-4H2,1H3,(H,8,9);/q;;;;+2/p-2. The molecule has 2 N–H and O–H groups in total. The molecule has 2 atom stereocenters. The summed E-state index contributed by atoms with van der Waals surface area (Å²) in [5, 5.41) is 36.9. The van der Waals surface area contributed by atoms with E-state index >= 15 is 0 Å². The Morgan fingerprint density at radius 2 is 0.892 bits per heavy atom. The van der Waals surface area contributed by atoms with Gasteiger partial charge in [0.2, 0.25) is 0 Å². The molecule has 0 aliphatic heterocycles. The zero-order valence-electron chi connectivity index (χ0n) is 25.1. The molecule has 0 amide bonds. The smallest absolute Gasteiger partial charge is 0.550 e. The third kappa shape index (κ3) is 52.2. The predicted molar refractivity (Wildman–Crippen MR) is 140 cm³/mol. The van der Waals surface area contributed by atoms with Crippen molar-refractivity contribution in [2.45, 2.75) is 121 Å². The van der Waals surface area contributed by atoms with Gasteiger partial charge in [-0.15, -0.1) is 0 Å². The van der Waals surface area contributed by atoms with Crippen LogP contribution in [0.3, 0.4) is 0 Å². The molecule has 0 spiro atoms. The first-order chi connectivity index (χ1) is 16.2. The van der Waals surface area contributed by atoms with Crippen LogP contribution in [0.25, 0.3) is 0 Å². The summed E-state index contributed by atoms with van der Waals surface area (Å²) in [6, 6.07) is 0. The fourth-order valence-corrected chi connectivity index (χ4v) is 3.28. The molecule has 0 fully saturated rings. The van der Waals surface area contributed by atoms with E-state index in [-0.39, 0.29) is 33.3 Å². The second kappa shape index (κ2) is 26.5. The summed E-state index contributed by atoms with van der Waals surface area (Å²) in [5.74, 6) is -2.17. The van der Waals surface area contributed by atoms with Crippen molar-refractivity contribution < 1.29 is 61.3 Å². The van der Waals surface area contributed by atoms with Crippen LogP contribution in [0.1, 0.15) is 121 Å². The molecule has 37 heavy (non-hydrogen) atoms. The van der Waals surface area contributed by atoms with Crippen molar-refractivity contribution in [2.75, 3.05) is 13.2 Å². The number of carboxylic acid groups (broad SMARTS) is 2. The van der Waals surface area contributed by atoms with E-state index in [9.17, 15) is 29.4 Å². The molecular weight excluding hydrogens is 512 g/mol. The Hall–Kier alpha value is -1.09. The van der Waals surface area contributed by atoms with Crippen molar-refractivity contribution in [1.82, 2.24) is 0 Å². The van der Waals surface area contributed by atoms with Crippen LogP contribution >= 0.6 is 0 Å². The number of rotatable bonds is 12. The number of aliphatic hydroxyl groups is 2. The van der Waals surface area contributed by atoms with Crippen molar-refractivity contribution in [1.29, 1.82) is 0 Å². The topological polar surface area (TPSA) is 155 Å². The summed E-state index contributed by atoms with van der Waals surface area (Å²) >= 11 is 0. The van der Waals surface area contributed by atoms with E-state index in [2.05, 4.69) is 55.4 Å². The summed E-state index contributed by atoms with van der Waals surface area (Å²) in [7, 11) is 0. The normalized spacial score (nSPS) is 12.0. The van der Waals surface area contributed by atoms with Crippen LogP contribution in [-0.2, 0) is 40.9 Å². The van der Waals surface area contributed by atoms with Gasteiger partial charge in [-0.3, -0.25) is 9.59 Å². The first-order valence-corrected chi connectivity index (χ1v) is 12.9. The molecular formula is C28H54O8Ti. The Labute approximate surface area is 240 Å². The van der Waals surface area contributed by atoms with Crippen molar-refractivity contribution in [3.63, 3.8) is 0 Å². The van der Waals surface area contributed by atoms with Crippen LogP contribution in [-0.4, -0.2) is 46.9 Å². The third-order valence-corrected chi connectivity index (χ3v) is 4.29. The van der Waals surface area contributed by atoms with Gasteiger partial charge in [0.05, 0.1) is 0 Å². The Morgan fingerprint density at radius 3 is 1.00 bits per heavy atom. The molecule has 8 nitrogen and oxygen atoms in total. The minimum Gasteiger partial charge on any atom is -0.550 e. The average Bonchev–Trinajstić information content (AvgIpc) is 2.66. The predicted octanol–water partition coefficient (Wildman–Crippen LogP) is 3.09. The molecule has 218 valence electrons. The molecule has 0 aliphatic rings. The Morgan fingerprint density at radius 1 is 0.649 bits per heavy atom. The van der Waals surface area contributed by atoms with Crippen LogP contribution in [0.15, 0.2) is 0 Å². The molecule has 0 heterocycles. The van der Waals surface area contributed by atoms with E-state index in [0.717, 1.165) is 12.8 Å². The van der Waals surface area contributed by atoms with Crippen molar-refractivity contribution in [2.24, 2.45) is 22.7 Å². The summed E-state index contributed by atoms with van der Waals surface area (Å²) in [6.07, 6.45) is 3.41.